The summed E-state index contributed by atoms with van der Waals surface area (Å²) in [6.45, 7) is 0. The standard InChI is InChI=1S/C8H3F2NO3/c9-4-1-2-5(11-3-12)6(7(4)10)8(13)14/h1-2H,(H,13,14). The predicted molar refractivity (Wildman–Crippen MR) is 41.1 cm³/mol. The number of benzene rings is 1. The summed E-state index contributed by atoms with van der Waals surface area (Å²) in [5.41, 5.74) is -1.44. The van der Waals surface area contributed by atoms with Gasteiger partial charge in [-0.25, -0.2) is 18.4 Å². The van der Waals surface area contributed by atoms with Crippen molar-refractivity contribution in [2.24, 2.45) is 4.99 Å². The maximum Gasteiger partial charge on any atom is 0.341 e. The van der Waals surface area contributed by atoms with E-state index >= 15 is 0 Å². The summed E-state index contributed by atoms with van der Waals surface area (Å²) in [6.07, 6.45) is 1.05. The molecule has 0 bridgehead atoms. The highest BCUT2D eigenvalue weighted by Gasteiger charge is 2.19. The molecule has 1 rings (SSSR count). The number of aliphatic imine (C=N–C) groups is 1. The van der Waals surface area contributed by atoms with Crippen LogP contribution in [0, 0.1) is 11.6 Å². The molecule has 0 radical (unpaired) electrons. The second kappa shape index (κ2) is 3.76. The van der Waals surface area contributed by atoms with Crippen LogP contribution in [0.3, 0.4) is 0 Å². The first kappa shape index (κ1) is 10.0. The van der Waals surface area contributed by atoms with E-state index in [-0.39, 0.29) is 0 Å². The van der Waals surface area contributed by atoms with Gasteiger partial charge in [-0.2, -0.15) is 4.99 Å². The van der Waals surface area contributed by atoms with Gasteiger partial charge in [0.1, 0.15) is 5.56 Å². The topological polar surface area (TPSA) is 66.7 Å². The molecular formula is C8H3F2NO3. The molecule has 1 aromatic rings. The molecule has 0 aliphatic rings. The molecule has 0 aliphatic heterocycles. The maximum absolute atomic E-state index is 12.9. The fourth-order valence-electron chi connectivity index (χ4n) is 0.886. The molecule has 0 atom stereocenters. The summed E-state index contributed by atoms with van der Waals surface area (Å²) in [5.74, 6) is -4.56. The van der Waals surface area contributed by atoms with Gasteiger partial charge in [-0.1, -0.05) is 0 Å². The number of halogens is 2. The number of carbonyl (C=O) groups excluding carboxylic acids is 1. The molecule has 0 fully saturated rings. The molecule has 0 saturated heterocycles. The highest BCUT2D eigenvalue weighted by atomic mass is 19.2. The van der Waals surface area contributed by atoms with Crippen molar-refractivity contribution in [2.45, 2.75) is 0 Å². The van der Waals surface area contributed by atoms with Gasteiger partial charge in [0.15, 0.2) is 11.6 Å². The number of hydrogen-bond acceptors (Lipinski definition) is 3. The summed E-state index contributed by atoms with van der Waals surface area (Å²) >= 11 is 0. The second-order valence-corrected chi connectivity index (χ2v) is 2.26. The van der Waals surface area contributed by atoms with Gasteiger partial charge in [-0.05, 0) is 12.1 Å². The molecule has 0 unspecified atom stereocenters. The lowest BCUT2D eigenvalue weighted by atomic mass is 10.1. The Bertz CT molecular complexity index is 438. The lowest BCUT2D eigenvalue weighted by Crippen LogP contribution is -2.03. The smallest absolute Gasteiger partial charge is 0.341 e. The number of carboxylic acids is 1. The minimum atomic E-state index is -1.70. The third-order valence-corrected chi connectivity index (χ3v) is 1.45. The number of isocyanates is 1. The van der Waals surface area contributed by atoms with Crippen LogP contribution >= 0.6 is 0 Å². The third kappa shape index (κ3) is 1.65. The summed E-state index contributed by atoms with van der Waals surface area (Å²) in [4.78, 5) is 23.3. The van der Waals surface area contributed by atoms with Crippen molar-refractivity contribution in [3.8, 4) is 0 Å². The SMILES string of the molecule is O=C=Nc1ccc(F)c(F)c1C(=O)O. The average molecular weight is 199 g/mol. The molecule has 72 valence electrons. The normalized spacial score (nSPS) is 9.29. The van der Waals surface area contributed by atoms with E-state index in [4.69, 9.17) is 5.11 Å². The Morgan fingerprint density at radius 3 is 2.57 bits per heavy atom. The predicted octanol–water partition coefficient (Wildman–Crippen LogP) is 1.63. The molecule has 0 heterocycles. The number of rotatable bonds is 2. The lowest BCUT2D eigenvalue weighted by molar-refractivity contribution is 0.0691. The van der Waals surface area contributed by atoms with Crippen molar-refractivity contribution in [1.29, 1.82) is 0 Å². The highest BCUT2D eigenvalue weighted by molar-refractivity contribution is 5.94. The number of carbonyl (C=O) groups is 1. The van der Waals surface area contributed by atoms with Crippen LogP contribution in [0.15, 0.2) is 17.1 Å². The van der Waals surface area contributed by atoms with E-state index in [0.717, 1.165) is 12.1 Å². The van der Waals surface area contributed by atoms with E-state index in [2.05, 4.69) is 4.99 Å². The molecule has 6 heteroatoms. The first-order chi connectivity index (χ1) is 6.57. The van der Waals surface area contributed by atoms with Gasteiger partial charge in [0.2, 0.25) is 6.08 Å². The zero-order valence-electron chi connectivity index (χ0n) is 6.62. The Morgan fingerprint density at radius 1 is 1.43 bits per heavy atom. The van der Waals surface area contributed by atoms with E-state index in [0.29, 0.717) is 6.07 Å². The number of nitrogens with zero attached hydrogens (tertiary/aromatic N) is 1. The fourth-order valence-corrected chi connectivity index (χ4v) is 0.886. The number of aromatic carboxylic acids is 1. The van der Waals surface area contributed by atoms with E-state index in [1.54, 1.807) is 0 Å². The lowest BCUT2D eigenvalue weighted by Gasteiger charge is -2.00. The van der Waals surface area contributed by atoms with Crippen LogP contribution in [0.2, 0.25) is 0 Å². The van der Waals surface area contributed by atoms with Gasteiger partial charge >= 0.3 is 5.97 Å². The molecule has 0 spiro atoms. The minimum absolute atomic E-state index is 0.466. The largest absolute Gasteiger partial charge is 0.478 e. The zero-order chi connectivity index (χ0) is 10.7. The Balaban J connectivity index is 3.52. The van der Waals surface area contributed by atoms with Crippen molar-refractivity contribution < 1.29 is 23.5 Å². The van der Waals surface area contributed by atoms with Crippen molar-refractivity contribution in [2.75, 3.05) is 0 Å². The van der Waals surface area contributed by atoms with Gasteiger partial charge < -0.3 is 5.11 Å². The zero-order valence-corrected chi connectivity index (χ0v) is 6.62. The first-order valence-electron chi connectivity index (χ1n) is 3.37. The fraction of sp³-hybridized carbons (Fsp3) is 0. The minimum Gasteiger partial charge on any atom is -0.478 e. The van der Waals surface area contributed by atoms with Crippen molar-refractivity contribution in [3.05, 3.63) is 29.3 Å². The molecule has 14 heavy (non-hydrogen) atoms. The van der Waals surface area contributed by atoms with E-state index in [1.165, 1.54) is 0 Å². The van der Waals surface area contributed by atoms with Gasteiger partial charge in [-0.15, -0.1) is 0 Å². The monoisotopic (exact) mass is 199 g/mol. The molecule has 0 amide bonds. The van der Waals surface area contributed by atoms with Gasteiger partial charge in [0.25, 0.3) is 0 Å². The molecule has 0 saturated carbocycles. The Hall–Kier alpha value is -2.07. The third-order valence-electron chi connectivity index (χ3n) is 1.45. The molecule has 4 nitrogen and oxygen atoms in total. The van der Waals surface area contributed by atoms with Crippen molar-refractivity contribution >= 4 is 17.7 Å². The summed E-state index contributed by atoms with van der Waals surface area (Å²) in [6, 6.07) is 1.56. The molecular weight excluding hydrogens is 196 g/mol. The first-order valence-corrected chi connectivity index (χ1v) is 3.37. The Morgan fingerprint density at radius 2 is 2.07 bits per heavy atom. The van der Waals surface area contributed by atoms with Crippen LogP contribution in [0.1, 0.15) is 10.4 Å². The van der Waals surface area contributed by atoms with Crippen LogP contribution < -0.4 is 0 Å². The van der Waals surface area contributed by atoms with Crippen LogP contribution in [-0.2, 0) is 4.79 Å². The van der Waals surface area contributed by atoms with Gasteiger partial charge in [0, 0.05) is 0 Å². The number of hydrogen-bond donors (Lipinski definition) is 1. The van der Waals surface area contributed by atoms with Gasteiger partial charge in [0.05, 0.1) is 5.69 Å². The van der Waals surface area contributed by atoms with Gasteiger partial charge in [-0.3, -0.25) is 0 Å². The number of carboxylic acid groups (broad SMARTS) is 1. The summed E-state index contributed by atoms with van der Waals surface area (Å²) in [7, 11) is 0. The summed E-state index contributed by atoms with van der Waals surface area (Å²) < 4.78 is 25.5. The molecule has 1 aromatic carbocycles. The summed E-state index contributed by atoms with van der Waals surface area (Å²) in [5, 5.41) is 8.50. The molecule has 1 N–H and O–H groups in total. The van der Waals surface area contributed by atoms with Crippen molar-refractivity contribution in [3.63, 3.8) is 0 Å². The van der Waals surface area contributed by atoms with E-state index < -0.39 is 28.9 Å². The quantitative estimate of drug-likeness (QED) is 0.581. The van der Waals surface area contributed by atoms with Crippen LogP contribution in [0.25, 0.3) is 0 Å². The Labute approximate surface area is 76.5 Å². The maximum atomic E-state index is 12.9. The van der Waals surface area contributed by atoms with Crippen LogP contribution in [0.4, 0.5) is 14.5 Å². The van der Waals surface area contributed by atoms with E-state index in [9.17, 15) is 18.4 Å². The Kier molecular flexibility index (Phi) is 2.69. The molecule has 0 aromatic heterocycles. The average Bonchev–Trinajstić information content (AvgIpc) is 2.11. The van der Waals surface area contributed by atoms with Crippen molar-refractivity contribution in [1.82, 2.24) is 0 Å². The second-order valence-electron chi connectivity index (χ2n) is 2.26. The van der Waals surface area contributed by atoms with Crippen LogP contribution in [-0.4, -0.2) is 17.2 Å². The van der Waals surface area contributed by atoms with Crippen LogP contribution in [0.5, 0.6) is 0 Å². The molecule has 0 aliphatic carbocycles. The van der Waals surface area contributed by atoms with E-state index in [1.807, 2.05) is 0 Å². The highest BCUT2D eigenvalue weighted by Crippen LogP contribution is 2.23.